The van der Waals surface area contributed by atoms with Gasteiger partial charge in [-0.3, -0.25) is 14.4 Å². The molecule has 0 aliphatic rings. The van der Waals surface area contributed by atoms with Crippen LogP contribution in [-0.4, -0.2) is 37.2 Å². The molecule has 0 N–H and O–H groups in total. The summed E-state index contributed by atoms with van der Waals surface area (Å²) in [4.78, 5) is 38.1. The summed E-state index contributed by atoms with van der Waals surface area (Å²) in [6.45, 7) is 6.27. The first kappa shape index (κ1) is 66.0. The average molecular weight is 978 g/mol. The molecule has 0 heterocycles. The van der Waals surface area contributed by atoms with Gasteiger partial charge in [-0.1, -0.05) is 204 Å². The average Bonchev–Trinajstić information content (AvgIpc) is 3.37. The van der Waals surface area contributed by atoms with Crippen molar-refractivity contribution in [1.29, 1.82) is 0 Å². The van der Waals surface area contributed by atoms with Crippen molar-refractivity contribution in [2.75, 3.05) is 13.2 Å². The van der Waals surface area contributed by atoms with Gasteiger partial charge in [0.15, 0.2) is 6.10 Å². The number of carbonyl (C=O) groups is 3. The van der Waals surface area contributed by atoms with Crippen LogP contribution in [-0.2, 0) is 28.6 Å². The van der Waals surface area contributed by atoms with Crippen LogP contribution in [0.1, 0.15) is 213 Å². The summed E-state index contributed by atoms with van der Waals surface area (Å²) in [5.74, 6) is -1.04. The third-order valence-electron chi connectivity index (χ3n) is 11.0. The monoisotopic (exact) mass is 977 g/mol. The number of carbonyl (C=O) groups excluding carboxylic acids is 3. The number of ether oxygens (including phenoxy) is 3. The highest BCUT2D eigenvalue weighted by Gasteiger charge is 2.19. The Morgan fingerprint density at radius 3 is 0.859 bits per heavy atom. The van der Waals surface area contributed by atoms with Crippen molar-refractivity contribution in [1.82, 2.24) is 0 Å². The highest BCUT2D eigenvalue weighted by molar-refractivity contribution is 5.71. The summed E-state index contributed by atoms with van der Waals surface area (Å²) in [5, 5.41) is 0. The Morgan fingerprint density at radius 2 is 0.549 bits per heavy atom. The predicted molar refractivity (Wildman–Crippen MR) is 306 cm³/mol. The van der Waals surface area contributed by atoms with E-state index in [2.05, 4.69) is 179 Å². The van der Waals surface area contributed by atoms with Crippen molar-refractivity contribution < 1.29 is 28.6 Å². The summed E-state index contributed by atoms with van der Waals surface area (Å²) in [7, 11) is 0. The van der Waals surface area contributed by atoms with Gasteiger partial charge in [-0.2, -0.15) is 0 Å². The Kier molecular flexibility index (Phi) is 53.6. The van der Waals surface area contributed by atoms with Crippen molar-refractivity contribution in [3.05, 3.63) is 158 Å². The zero-order chi connectivity index (χ0) is 51.4. The molecule has 6 nitrogen and oxygen atoms in total. The number of esters is 3. The number of hydrogen-bond donors (Lipinski definition) is 0. The minimum atomic E-state index is -0.834. The van der Waals surface area contributed by atoms with Gasteiger partial charge >= 0.3 is 17.9 Å². The fourth-order valence-electron chi connectivity index (χ4n) is 6.85. The van der Waals surface area contributed by atoms with Crippen LogP contribution in [0.5, 0.6) is 0 Å². The quantitative estimate of drug-likeness (QED) is 0.0262. The van der Waals surface area contributed by atoms with Gasteiger partial charge in [-0.15, -0.1) is 0 Å². The smallest absolute Gasteiger partial charge is 0.306 e. The minimum absolute atomic E-state index is 0.129. The van der Waals surface area contributed by atoms with E-state index in [9.17, 15) is 14.4 Å². The second kappa shape index (κ2) is 57.6. The molecule has 0 aliphatic carbocycles. The Bertz CT molecular complexity index is 1640. The largest absolute Gasteiger partial charge is 0.462 e. The molecule has 0 amide bonds. The lowest BCUT2D eigenvalue weighted by molar-refractivity contribution is -0.167. The van der Waals surface area contributed by atoms with E-state index in [-0.39, 0.29) is 44.0 Å². The number of allylic oxidation sites excluding steroid dienone is 26. The second-order valence-electron chi connectivity index (χ2n) is 17.7. The summed E-state index contributed by atoms with van der Waals surface area (Å²) in [5.41, 5.74) is 0. The maximum atomic E-state index is 12.9. The first-order valence-electron chi connectivity index (χ1n) is 28.0. The van der Waals surface area contributed by atoms with E-state index in [1.54, 1.807) is 0 Å². The molecular formula is C65H100O6. The number of rotatable bonds is 48. The van der Waals surface area contributed by atoms with Crippen LogP contribution < -0.4 is 0 Å². The molecule has 0 saturated heterocycles. The predicted octanol–water partition coefficient (Wildman–Crippen LogP) is 19.0. The van der Waals surface area contributed by atoms with Crippen LogP contribution in [0.3, 0.4) is 0 Å². The summed E-state index contributed by atoms with van der Waals surface area (Å²) < 4.78 is 16.8. The maximum absolute atomic E-state index is 12.9. The van der Waals surface area contributed by atoms with Gasteiger partial charge in [0.1, 0.15) is 13.2 Å². The van der Waals surface area contributed by atoms with Gasteiger partial charge < -0.3 is 14.2 Å². The molecule has 0 aromatic rings. The lowest BCUT2D eigenvalue weighted by atomic mass is 10.1. The molecule has 0 aromatic heterocycles. The molecule has 1 atom stereocenters. The van der Waals surface area contributed by atoms with Gasteiger partial charge in [0.2, 0.25) is 0 Å². The van der Waals surface area contributed by atoms with Crippen LogP contribution in [0.4, 0.5) is 0 Å². The molecular weight excluding hydrogens is 877 g/mol. The Labute approximate surface area is 435 Å². The van der Waals surface area contributed by atoms with E-state index in [0.29, 0.717) is 19.3 Å². The molecule has 71 heavy (non-hydrogen) atoms. The van der Waals surface area contributed by atoms with Gasteiger partial charge in [0, 0.05) is 19.3 Å². The Hall–Kier alpha value is -4.97. The first-order chi connectivity index (χ1) is 35.0. The molecule has 0 aromatic carbocycles. The number of hydrogen-bond acceptors (Lipinski definition) is 6. The molecule has 0 fully saturated rings. The minimum Gasteiger partial charge on any atom is -0.462 e. The standard InChI is InChI=1S/C65H100O6/c1-4-7-10-13-16-19-22-25-28-30-32-34-37-40-43-46-49-52-55-58-64(67)70-61-62(60-69-63(66)57-54-51-48-45-42-39-36-27-24-21-18-15-12-9-6-3)71-65(68)59-56-53-50-47-44-41-38-35-33-31-29-26-23-20-17-14-11-8-5-2/h7-8,10-11,16-21,25-29,32-36,40-45,62H,4-6,9,12-15,22-24,30-31,37-39,46-61H2,1-3H3/b10-7-,11-8-,19-16-,20-17-,21-18-,28-25-,29-26-,34-32-,35-33-,36-27-,43-40-,44-41-,45-42-/t62-/m1/s1. The zero-order valence-electron chi connectivity index (χ0n) is 45.2. The third-order valence-corrected chi connectivity index (χ3v) is 11.0. The van der Waals surface area contributed by atoms with E-state index in [1.807, 2.05) is 0 Å². The van der Waals surface area contributed by atoms with Crippen molar-refractivity contribution in [2.45, 2.75) is 219 Å². The van der Waals surface area contributed by atoms with Crippen LogP contribution in [0.15, 0.2) is 158 Å². The van der Waals surface area contributed by atoms with E-state index in [1.165, 1.54) is 25.7 Å². The second-order valence-corrected chi connectivity index (χ2v) is 17.7. The Morgan fingerprint density at radius 1 is 0.296 bits per heavy atom. The Balaban J connectivity index is 4.61. The van der Waals surface area contributed by atoms with Crippen LogP contribution in [0, 0.1) is 0 Å². The molecule has 396 valence electrons. The molecule has 0 rings (SSSR count). The highest BCUT2D eigenvalue weighted by Crippen LogP contribution is 2.11. The summed E-state index contributed by atoms with van der Waals surface area (Å²) >= 11 is 0. The molecule has 0 bridgehead atoms. The van der Waals surface area contributed by atoms with Gasteiger partial charge in [0.05, 0.1) is 0 Å². The highest BCUT2D eigenvalue weighted by atomic mass is 16.6. The zero-order valence-corrected chi connectivity index (χ0v) is 45.2. The van der Waals surface area contributed by atoms with E-state index < -0.39 is 6.10 Å². The van der Waals surface area contributed by atoms with Crippen molar-refractivity contribution in [3.63, 3.8) is 0 Å². The maximum Gasteiger partial charge on any atom is 0.306 e. The molecule has 0 radical (unpaired) electrons. The SMILES string of the molecule is CC/C=C\C/C=C\C/C=C\C/C=C\C/C=C\CCCCCC(=O)OC[C@@H](COC(=O)CCCC/C=C\C/C=C\C/C=C\CCCCC)OC(=O)CCCCC/C=C\C/C=C\C/C=C\C/C=C\C/C=C\CC. The van der Waals surface area contributed by atoms with Gasteiger partial charge in [-0.05, 0) is 148 Å². The van der Waals surface area contributed by atoms with Gasteiger partial charge in [0.25, 0.3) is 0 Å². The van der Waals surface area contributed by atoms with Gasteiger partial charge in [-0.25, -0.2) is 0 Å². The lowest BCUT2D eigenvalue weighted by Gasteiger charge is -2.18. The normalized spacial score (nSPS) is 13.3. The van der Waals surface area contributed by atoms with E-state index in [0.717, 1.165) is 135 Å². The van der Waals surface area contributed by atoms with Crippen molar-refractivity contribution in [3.8, 4) is 0 Å². The van der Waals surface area contributed by atoms with Crippen molar-refractivity contribution in [2.24, 2.45) is 0 Å². The van der Waals surface area contributed by atoms with Crippen molar-refractivity contribution >= 4 is 17.9 Å². The van der Waals surface area contributed by atoms with E-state index >= 15 is 0 Å². The molecule has 0 saturated carbocycles. The molecule has 0 unspecified atom stereocenters. The van der Waals surface area contributed by atoms with Crippen LogP contribution >= 0.6 is 0 Å². The number of unbranched alkanes of at least 4 members (excludes halogenated alkanes) is 11. The lowest BCUT2D eigenvalue weighted by Crippen LogP contribution is -2.30. The fraction of sp³-hybridized carbons (Fsp3) is 0.554. The molecule has 6 heteroatoms. The van der Waals surface area contributed by atoms with Crippen LogP contribution in [0.2, 0.25) is 0 Å². The molecule has 0 spiro atoms. The third kappa shape index (κ3) is 55.8. The first-order valence-corrected chi connectivity index (χ1v) is 28.0. The summed E-state index contributed by atoms with van der Waals surface area (Å²) in [6.07, 6.45) is 83.7. The van der Waals surface area contributed by atoms with Crippen LogP contribution in [0.25, 0.3) is 0 Å². The molecule has 0 aliphatic heterocycles. The summed E-state index contributed by atoms with van der Waals surface area (Å²) in [6, 6.07) is 0. The van der Waals surface area contributed by atoms with E-state index in [4.69, 9.17) is 14.2 Å². The fourth-order valence-corrected chi connectivity index (χ4v) is 6.85. The topological polar surface area (TPSA) is 78.9 Å².